The zero-order valence-electron chi connectivity index (χ0n) is 18.7. The van der Waals surface area contributed by atoms with Gasteiger partial charge in [0.25, 0.3) is 0 Å². The first-order valence-electron chi connectivity index (χ1n) is 11.2. The highest BCUT2D eigenvalue weighted by molar-refractivity contribution is 5.84. The number of hydrogen-bond acceptors (Lipinski definition) is 4. The van der Waals surface area contributed by atoms with Crippen molar-refractivity contribution in [3.63, 3.8) is 0 Å². The molecular formula is C25H28FN5O2. The lowest BCUT2D eigenvalue weighted by atomic mass is 9.72. The maximum atomic E-state index is 13.9. The van der Waals surface area contributed by atoms with Gasteiger partial charge in [0.2, 0.25) is 11.8 Å². The minimum atomic E-state index is -0.635. The zero-order valence-corrected chi connectivity index (χ0v) is 18.7. The van der Waals surface area contributed by atoms with Gasteiger partial charge in [-0.25, -0.2) is 14.1 Å². The number of hydrogen-bond donors (Lipinski definition) is 1. The molecule has 0 bridgehead atoms. The predicted molar refractivity (Wildman–Crippen MR) is 122 cm³/mol. The SMILES string of the molecule is CCNC(=O)C1(Cc2ccccc2-c2cccc(F)c2)CCN(C(=O)Cn2cncn2)CC1. The summed E-state index contributed by atoms with van der Waals surface area (Å²) in [4.78, 5) is 31.6. The van der Waals surface area contributed by atoms with Gasteiger partial charge in [0.05, 0.1) is 5.41 Å². The van der Waals surface area contributed by atoms with Crippen LogP contribution in [0.15, 0.2) is 61.2 Å². The van der Waals surface area contributed by atoms with Gasteiger partial charge >= 0.3 is 0 Å². The molecule has 1 aliphatic heterocycles. The second-order valence-corrected chi connectivity index (χ2v) is 8.46. The lowest BCUT2D eigenvalue weighted by molar-refractivity contribution is -0.141. The van der Waals surface area contributed by atoms with Crippen LogP contribution in [-0.2, 0) is 22.6 Å². The number of halogens is 1. The molecule has 0 atom stereocenters. The first-order valence-corrected chi connectivity index (χ1v) is 11.2. The Morgan fingerprint density at radius 2 is 1.91 bits per heavy atom. The summed E-state index contributed by atoms with van der Waals surface area (Å²) in [5.41, 5.74) is 2.07. The number of nitrogens with zero attached hydrogens (tertiary/aromatic N) is 4. The molecule has 2 aromatic carbocycles. The van der Waals surface area contributed by atoms with Gasteiger partial charge in [-0.15, -0.1) is 0 Å². The lowest BCUT2D eigenvalue weighted by Crippen LogP contribution is -2.51. The molecule has 0 unspecified atom stereocenters. The molecule has 0 spiro atoms. The van der Waals surface area contributed by atoms with Crippen molar-refractivity contribution < 1.29 is 14.0 Å². The number of aromatic nitrogens is 3. The van der Waals surface area contributed by atoms with Gasteiger partial charge in [-0.05, 0) is 55.0 Å². The first-order chi connectivity index (χ1) is 16.0. The van der Waals surface area contributed by atoms with Crippen LogP contribution in [0.25, 0.3) is 11.1 Å². The maximum absolute atomic E-state index is 13.9. The van der Waals surface area contributed by atoms with Crippen molar-refractivity contribution in [3.8, 4) is 11.1 Å². The lowest BCUT2D eigenvalue weighted by Gasteiger charge is -2.41. The number of carbonyl (C=O) groups excluding carboxylic acids is 2. The highest BCUT2D eigenvalue weighted by atomic mass is 19.1. The van der Waals surface area contributed by atoms with Crippen LogP contribution in [0.5, 0.6) is 0 Å². The topological polar surface area (TPSA) is 80.1 Å². The molecule has 1 saturated heterocycles. The smallest absolute Gasteiger partial charge is 0.244 e. The van der Waals surface area contributed by atoms with E-state index in [4.69, 9.17) is 0 Å². The molecular weight excluding hydrogens is 421 g/mol. The number of benzene rings is 2. The third-order valence-corrected chi connectivity index (χ3v) is 6.34. The monoisotopic (exact) mass is 449 g/mol. The Morgan fingerprint density at radius 3 is 2.61 bits per heavy atom. The minimum absolute atomic E-state index is 0.00224. The van der Waals surface area contributed by atoms with E-state index >= 15 is 0 Å². The van der Waals surface area contributed by atoms with Crippen molar-refractivity contribution >= 4 is 11.8 Å². The number of carbonyl (C=O) groups is 2. The standard InChI is InChI=1S/C25H28FN5O2/c1-2-28-24(33)25(10-12-30(13-11-25)23(32)16-31-18-27-17-29-31)15-20-6-3-4-9-22(20)19-7-5-8-21(26)14-19/h3-9,14,17-18H,2,10-13,15-16H2,1H3,(H,28,33). The molecule has 1 aromatic heterocycles. The van der Waals surface area contributed by atoms with Crippen LogP contribution in [0.2, 0.25) is 0 Å². The summed E-state index contributed by atoms with van der Waals surface area (Å²) in [5, 5.41) is 7.00. The fourth-order valence-electron chi connectivity index (χ4n) is 4.55. The molecule has 1 fully saturated rings. The van der Waals surface area contributed by atoms with E-state index < -0.39 is 5.41 Å². The van der Waals surface area contributed by atoms with Crippen molar-refractivity contribution in [2.75, 3.05) is 19.6 Å². The molecule has 0 aliphatic carbocycles. The third-order valence-electron chi connectivity index (χ3n) is 6.34. The van der Waals surface area contributed by atoms with Gasteiger partial charge < -0.3 is 10.2 Å². The third kappa shape index (κ3) is 5.10. The molecule has 1 N–H and O–H groups in total. The Hall–Kier alpha value is -3.55. The first kappa shape index (κ1) is 22.6. The Bertz CT molecular complexity index is 1110. The zero-order chi connectivity index (χ0) is 23.3. The minimum Gasteiger partial charge on any atom is -0.356 e. The summed E-state index contributed by atoms with van der Waals surface area (Å²) in [5.74, 6) is -0.326. The van der Waals surface area contributed by atoms with Crippen molar-refractivity contribution in [2.24, 2.45) is 5.41 Å². The van der Waals surface area contributed by atoms with Crippen LogP contribution >= 0.6 is 0 Å². The largest absolute Gasteiger partial charge is 0.356 e. The fourth-order valence-corrected chi connectivity index (χ4v) is 4.55. The van der Waals surface area contributed by atoms with E-state index in [9.17, 15) is 14.0 Å². The molecule has 7 nitrogen and oxygen atoms in total. The van der Waals surface area contributed by atoms with Crippen LogP contribution in [0.4, 0.5) is 4.39 Å². The molecule has 3 aromatic rings. The van der Waals surface area contributed by atoms with Crippen LogP contribution in [0.3, 0.4) is 0 Å². The number of likely N-dealkylation sites (tertiary alicyclic amines) is 1. The summed E-state index contributed by atoms with van der Waals surface area (Å²) >= 11 is 0. The van der Waals surface area contributed by atoms with E-state index in [1.807, 2.05) is 37.3 Å². The summed E-state index contributed by atoms with van der Waals surface area (Å²) in [6.07, 6.45) is 4.55. The van der Waals surface area contributed by atoms with E-state index in [2.05, 4.69) is 15.4 Å². The van der Waals surface area contributed by atoms with Crippen LogP contribution in [-0.4, -0.2) is 51.1 Å². The summed E-state index contributed by atoms with van der Waals surface area (Å²) < 4.78 is 15.4. The molecule has 0 radical (unpaired) electrons. The maximum Gasteiger partial charge on any atom is 0.244 e. The highest BCUT2D eigenvalue weighted by Crippen LogP contribution is 2.38. The van der Waals surface area contributed by atoms with Gasteiger partial charge in [0, 0.05) is 19.6 Å². The van der Waals surface area contributed by atoms with Gasteiger partial charge in [-0.1, -0.05) is 36.4 Å². The molecule has 8 heteroatoms. The van der Waals surface area contributed by atoms with E-state index in [-0.39, 0.29) is 24.2 Å². The van der Waals surface area contributed by atoms with Crippen LogP contribution in [0, 0.1) is 11.2 Å². The number of nitrogens with one attached hydrogen (secondary N) is 1. The van der Waals surface area contributed by atoms with E-state index in [1.54, 1.807) is 11.0 Å². The quantitative estimate of drug-likeness (QED) is 0.601. The molecule has 2 heterocycles. The number of rotatable bonds is 7. The Balaban J connectivity index is 1.56. The molecule has 4 rings (SSSR count). The molecule has 172 valence electrons. The van der Waals surface area contributed by atoms with Crippen LogP contribution < -0.4 is 5.32 Å². The highest BCUT2D eigenvalue weighted by Gasteiger charge is 2.42. The van der Waals surface area contributed by atoms with Gasteiger partial charge in [0.1, 0.15) is 25.0 Å². The average molecular weight is 450 g/mol. The molecule has 2 amide bonds. The molecule has 33 heavy (non-hydrogen) atoms. The summed E-state index contributed by atoms with van der Waals surface area (Å²) in [7, 11) is 0. The van der Waals surface area contributed by atoms with Crippen LogP contribution in [0.1, 0.15) is 25.3 Å². The van der Waals surface area contributed by atoms with Gasteiger partial charge in [-0.2, -0.15) is 5.10 Å². The van der Waals surface area contributed by atoms with Crippen molar-refractivity contribution in [3.05, 3.63) is 72.6 Å². The number of piperidine rings is 1. The van der Waals surface area contributed by atoms with Gasteiger partial charge in [-0.3, -0.25) is 9.59 Å². The molecule has 1 aliphatic rings. The summed E-state index contributed by atoms with van der Waals surface area (Å²) in [6, 6.07) is 14.4. The Labute approximate surface area is 192 Å². The Morgan fingerprint density at radius 1 is 1.12 bits per heavy atom. The van der Waals surface area contributed by atoms with Gasteiger partial charge in [0.15, 0.2) is 0 Å². The van der Waals surface area contributed by atoms with E-state index in [1.165, 1.54) is 29.5 Å². The van der Waals surface area contributed by atoms with Crippen molar-refractivity contribution in [1.29, 1.82) is 0 Å². The predicted octanol–water partition coefficient (Wildman–Crippen LogP) is 3.07. The molecule has 0 saturated carbocycles. The second kappa shape index (κ2) is 9.94. The fraction of sp³-hybridized carbons (Fsp3) is 0.360. The van der Waals surface area contributed by atoms with E-state index in [0.29, 0.717) is 38.9 Å². The second-order valence-electron chi connectivity index (χ2n) is 8.46. The average Bonchev–Trinajstić information content (AvgIpc) is 3.33. The van der Waals surface area contributed by atoms with Crippen molar-refractivity contribution in [1.82, 2.24) is 25.0 Å². The van der Waals surface area contributed by atoms with E-state index in [0.717, 1.165) is 16.7 Å². The summed E-state index contributed by atoms with van der Waals surface area (Å²) in [6.45, 7) is 3.57. The normalized spacial score (nSPS) is 15.3. The number of amides is 2. The van der Waals surface area contributed by atoms with Crippen molar-refractivity contribution in [2.45, 2.75) is 32.7 Å². The Kier molecular flexibility index (Phi) is 6.82.